The van der Waals surface area contributed by atoms with Gasteiger partial charge in [-0.2, -0.15) is 13.2 Å². The Morgan fingerprint density at radius 2 is 1.94 bits per heavy atom. The Morgan fingerprint density at radius 1 is 1.24 bits per heavy atom. The number of hydrogen-bond donors (Lipinski definition) is 1. The van der Waals surface area contributed by atoms with E-state index in [0.717, 1.165) is 12.1 Å². The molecule has 1 heterocycles. The Balaban J connectivity index is 1.79. The first-order valence-electron chi connectivity index (χ1n) is 10.3. The van der Waals surface area contributed by atoms with Gasteiger partial charge >= 0.3 is 11.9 Å². The van der Waals surface area contributed by atoms with E-state index in [0.29, 0.717) is 19.1 Å². The number of rotatable bonds is 8. The number of likely N-dealkylation sites (tertiary alicyclic amines) is 1. The van der Waals surface area contributed by atoms with Crippen molar-refractivity contribution in [3.63, 3.8) is 0 Å². The first kappa shape index (κ1) is 24.5. The molecule has 1 amide bonds. The molecule has 0 saturated carbocycles. The number of nitro groups is 1. The molecule has 33 heavy (non-hydrogen) atoms. The number of likely N-dealkylation sites (N-methyl/N-ethyl adjacent to an activating group) is 1. The van der Waals surface area contributed by atoms with Crippen molar-refractivity contribution < 1.29 is 27.6 Å². The van der Waals surface area contributed by atoms with Crippen LogP contribution in [0.1, 0.15) is 28.4 Å². The minimum absolute atomic E-state index is 0.00487. The lowest BCUT2D eigenvalue weighted by Gasteiger charge is -2.43. The number of nitrogens with one attached hydrogen (secondary N) is 1. The number of carbonyl (C=O) groups is 1. The molecule has 3 rings (SSSR count). The van der Waals surface area contributed by atoms with Crippen molar-refractivity contribution in [1.29, 1.82) is 0 Å². The van der Waals surface area contributed by atoms with Crippen LogP contribution in [-0.2, 0) is 12.7 Å². The van der Waals surface area contributed by atoms with Crippen LogP contribution in [0.15, 0.2) is 36.4 Å². The van der Waals surface area contributed by atoms with Gasteiger partial charge in [0.25, 0.3) is 5.91 Å². The second-order valence-corrected chi connectivity index (χ2v) is 8.01. The number of ether oxygens (including phenoxy) is 1. The minimum atomic E-state index is -4.60. The number of amides is 1. The van der Waals surface area contributed by atoms with Gasteiger partial charge in [0, 0.05) is 43.0 Å². The zero-order chi connectivity index (χ0) is 24.3. The standard InChI is InChI=1S/C22H25F3N4O4/c1-4-33-20-8-6-14(9-19(20)29(31)32)21(30)26-16-7-5-15(18(10-16)22(23,24)25)11-28-12-17(13-28)27(2)3/h5-10,17H,4,11-13H2,1-3H3,(H,26,30). The highest BCUT2D eigenvalue weighted by molar-refractivity contribution is 6.04. The van der Waals surface area contributed by atoms with Crippen molar-refractivity contribution in [2.24, 2.45) is 0 Å². The zero-order valence-electron chi connectivity index (χ0n) is 18.5. The number of nitrogens with zero attached hydrogens (tertiary/aromatic N) is 3. The van der Waals surface area contributed by atoms with Gasteiger partial charge in [-0.3, -0.25) is 19.8 Å². The predicted molar refractivity (Wildman–Crippen MR) is 116 cm³/mol. The second kappa shape index (κ2) is 9.75. The third-order valence-corrected chi connectivity index (χ3v) is 5.45. The van der Waals surface area contributed by atoms with Crippen LogP contribution in [0.25, 0.3) is 0 Å². The summed E-state index contributed by atoms with van der Waals surface area (Å²) in [5.74, 6) is -0.760. The van der Waals surface area contributed by atoms with Gasteiger partial charge < -0.3 is 15.0 Å². The second-order valence-electron chi connectivity index (χ2n) is 8.01. The average molecular weight is 466 g/mol. The van der Waals surface area contributed by atoms with Crippen molar-refractivity contribution in [1.82, 2.24) is 9.80 Å². The summed E-state index contributed by atoms with van der Waals surface area (Å²) in [6.45, 7) is 3.37. The molecule has 0 spiro atoms. The largest absolute Gasteiger partial charge is 0.487 e. The fraction of sp³-hybridized carbons (Fsp3) is 0.409. The molecule has 1 aliphatic heterocycles. The van der Waals surface area contributed by atoms with Crippen LogP contribution in [0.5, 0.6) is 5.75 Å². The maximum Gasteiger partial charge on any atom is 0.416 e. The topological polar surface area (TPSA) is 88.0 Å². The number of hydrogen-bond acceptors (Lipinski definition) is 6. The molecule has 1 saturated heterocycles. The van der Waals surface area contributed by atoms with Gasteiger partial charge in [0.05, 0.1) is 17.1 Å². The van der Waals surface area contributed by atoms with Crippen LogP contribution in [-0.4, -0.2) is 60.5 Å². The van der Waals surface area contributed by atoms with Crippen LogP contribution >= 0.6 is 0 Å². The fourth-order valence-corrected chi connectivity index (χ4v) is 3.58. The van der Waals surface area contributed by atoms with E-state index in [1.165, 1.54) is 24.3 Å². The third-order valence-electron chi connectivity index (χ3n) is 5.45. The summed E-state index contributed by atoms with van der Waals surface area (Å²) in [4.78, 5) is 27.1. The quantitative estimate of drug-likeness (QED) is 0.467. The number of benzene rings is 2. The lowest BCUT2D eigenvalue weighted by molar-refractivity contribution is -0.385. The van der Waals surface area contributed by atoms with Gasteiger partial charge in [0.15, 0.2) is 5.75 Å². The molecule has 2 aromatic carbocycles. The van der Waals surface area contributed by atoms with Crippen LogP contribution in [0.3, 0.4) is 0 Å². The van der Waals surface area contributed by atoms with Crippen LogP contribution < -0.4 is 10.1 Å². The Hall–Kier alpha value is -3.18. The molecule has 1 aliphatic rings. The molecule has 2 aromatic rings. The summed E-state index contributed by atoms with van der Waals surface area (Å²) < 4.78 is 46.3. The molecule has 0 aromatic heterocycles. The fourth-order valence-electron chi connectivity index (χ4n) is 3.58. The number of halogens is 3. The monoisotopic (exact) mass is 466 g/mol. The molecule has 0 bridgehead atoms. The summed E-state index contributed by atoms with van der Waals surface area (Å²) in [7, 11) is 3.86. The Kier molecular flexibility index (Phi) is 7.23. The molecule has 0 aliphatic carbocycles. The summed E-state index contributed by atoms with van der Waals surface area (Å²) in [5.41, 5.74) is -1.23. The van der Waals surface area contributed by atoms with Gasteiger partial charge in [-0.05, 0) is 50.8 Å². The minimum Gasteiger partial charge on any atom is -0.487 e. The van der Waals surface area contributed by atoms with E-state index in [1.807, 2.05) is 23.9 Å². The van der Waals surface area contributed by atoms with Gasteiger partial charge in [-0.25, -0.2) is 0 Å². The Bertz CT molecular complexity index is 1040. The molecular formula is C22H25F3N4O4. The molecule has 1 N–H and O–H groups in total. The maximum atomic E-state index is 13.7. The van der Waals surface area contributed by atoms with Crippen LogP contribution in [0, 0.1) is 10.1 Å². The van der Waals surface area contributed by atoms with E-state index in [9.17, 15) is 28.1 Å². The van der Waals surface area contributed by atoms with Gasteiger partial charge in [0.2, 0.25) is 0 Å². The first-order valence-corrected chi connectivity index (χ1v) is 10.3. The lowest BCUT2D eigenvalue weighted by atomic mass is 10.0. The van der Waals surface area contributed by atoms with Gasteiger partial charge in [-0.15, -0.1) is 0 Å². The predicted octanol–water partition coefficient (Wildman–Crippen LogP) is 4.01. The SMILES string of the molecule is CCOc1ccc(C(=O)Nc2ccc(CN3CC(N(C)C)C3)c(C(F)(F)F)c2)cc1[N+](=O)[O-]. The van der Waals surface area contributed by atoms with Crippen molar-refractivity contribution in [2.75, 3.05) is 39.1 Å². The van der Waals surface area contributed by atoms with Crippen molar-refractivity contribution in [2.45, 2.75) is 25.7 Å². The van der Waals surface area contributed by atoms with Crippen LogP contribution in [0.2, 0.25) is 0 Å². The summed E-state index contributed by atoms with van der Waals surface area (Å²) in [5, 5.41) is 13.7. The number of carbonyl (C=O) groups excluding carboxylic acids is 1. The van der Waals surface area contributed by atoms with E-state index in [4.69, 9.17) is 4.74 Å². The van der Waals surface area contributed by atoms with Gasteiger partial charge in [-0.1, -0.05) is 6.07 Å². The molecule has 0 radical (unpaired) electrons. The van der Waals surface area contributed by atoms with Crippen molar-refractivity contribution >= 4 is 17.3 Å². The van der Waals surface area contributed by atoms with Crippen molar-refractivity contribution in [3.05, 3.63) is 63.2 Å². The average Bonchev–Trinajstić information content (AvgIpc) is 2.70. The van der Waals surface area contributed by atoms with E-state index in [1.54, 1.807) is 6.92 Å². The molecule has 178 valence electrons. The van der Waals surface area contributed by atoms with Gasteiger partial charge in [0.1, 0.15) is 0 Å². The lowest BCUT2D eigenvalue weighted by Crippen LogP contribution is -2.56. The smallest absolute Gasteiger partial charge is 0.416 e. The molecule has 0 unspecified atom stereocenters. The molecule has 0 atom stereocenters. The normalized spacial score (nSPS) is 14.8. The number of alkyl halides is 3. The molecular weight excluding hydrogens is 441 g/mol. The number of nitro benzene ring substituents is 1. The van der Waals surface area contributed by atoms with E-state index in [2.05, 4.69) is 5.32 Å². The molecule has 8 nitrogen and oxygen atoms in total. The summed E-state index contributed by atoms with van der Waals surface area (Å²) in [6.07, 6.45) is -4.60. The zero-order valence-corrected chi connectivity index (χ0v) is 18.5. The highest BCUT2D eigenvalue weighted by Crippen LogP contribution is 2.35. The van der Waals surface area contributed by atoms with E-state index < -0.39 is 28.3 Å². The summed E-state index contributed by atoms with van der Waals surface area (Å²) in [6, 6.07) is 7.59. The Morgan fingerprint density at radius 3 is 2.52 bits per heavy atom. The first-order chi connectivity index (χ1) is 15.5. The maximum absolute atomic E-state index is 13.7. The van der Waals surface area contributed by atoms with Crippen LogP contribution in [0.4, 0.5) is 24.5 Å². The highest BCUT2D eigenvalue weighted by atomic mass is 19.4. The van der Waals surface area contributed by atoms with E-state index in [-0.39, 0.29) is 35.7 Å². The third kappa shape index (κ3) is 5.79. The van der Waals surface area contributed by atoms with E-state index >= 15 is 0 Å². The highest BCUT2D eigenvalue weighted by Gasteiger charge is 2.36. The molecule has 1 fully saturated rings. The Labute approximate surface area is 189 Å². The van der Waals surface area contributed by atoms with Crippen molar-refractivity contribution in [3.8, 4) is 5.75 Å². The number of anilines is 1. The summed E-state index contributed by atoms with van der Waals surface area (Å²) >= 11 is 0. The molecule has 11 heteroatoms.